The summed E-state index contributed by atoms with van der Waals surface area (Å²) in [6.45, 7) is 4.29. The zero-order valence-corrected chi connectivity index (χ0v) is 9.81. The third-order valence-corrected chi connectivity index (χ3v) is 3.17. The van der Waals surface area contributed by atoms with Crippen molar-refractivity contribution in [2.75, 3.05) is 13.2 Å². The van der Waals surface area contributed by atoms with E-state index in [0.29, 0.717) is 24.3 Å². The Hall–Kier alpha value is -1.33. The van der Waals surface area contributed by atoms with Crippen molar-refractivity contribution in [1.82, 2.24) is 5.32 Å². The lowest BCUT2D eigenvalue weighted by molar-refractivity contribution is 0.0696. The maximum Gasteiger partial charge on any atom is 0.338 e. The van der Waals surface area contributed by atoms with Crippen molar-refractivity contribution >= 4 is 5.97 Å². The van der Waals surface area contributed by atoms with Crippen LogP contribution in [0, 0.1) is 5.92 Å². The summed E-state index contributed by atoms with van der Waals surface area (Å²) in [7, 11) is 0. The van der Waals surface area contributed by atoms with E-state index in [1.807, 2.05) is 0 Å². The third-order valence-electron chi connectivity index (χ3n) is 3.17. The Balaban J connectivity index is 1.82. The van der Waals surface area contributed by atoms with Crippen molar-refractivity contribution in [2.24, 2.45) is 5.92 Å². The maximum absolute atomic E-state index is 10.7. The molecule has 2 atom stereocenters. The molecule has 5 heteroatoms. The van der Waals surface area contributed by atoms with E-state index < -0.39 is 5.97 Å². The smallest absolute Gasteiger partial charge is 0.338 e. The molecule has 0 radical (unpaired) electrons. The van der Waals surface area contributed by atoms with Crippen molar-refractivity contribution in [3.63, 3.8) is 0 Å². The van der Waals surface area contributed by atoms with Gasteiger partial charge in [0.2, 0.25) is 0 Å². The van der Waals surface area contributed by atoms with Crippen LogP contribution in [-0.4, -0.2) is 30.3 Å². The quantitative estimate of drug-likeness (QED) is 0.814. The molecular weight excluding hydrogens is 222 g/mol. The zero-order valence-electron chi connectivity index (χ0n) is 9.81. The van der Waals surface area contributed by atoms with Crippen LogP contribution in [0.2, 0.25) is 0 Å². The van der Waals surface area contributed by atoms with Crippen molar-refractivity contribution < 1.29 is 19.1 Å². The summed E-state index contributed by atoms with van der Waals surface area (Å²) in [6.07, 6.45) is 2.34. The molecule has 2 rings (SSSR count). The molecule has 1 aromatic rings. The third kappa shape index (κ3) is 3.08. The number of aromatic carboxylic acids is 1. The lowest BCUT2D eigenvalue weighted by Gasteiger charge is -2.18. The van der Waals surface area contributed by atoms with Gasteiger partial charge in [0.05, 0.1) is 18.7 Å². The lowest BCUT2D eigenvalue weighted by atomic mass is 10.0. The highest BCUT2D eigenvalue weighted by Gasteiger charge is 2.22. The largest absolute Gasteiger partial charge is 0.478 e. The Labute approximate surface area is 99.8 Å². The minimum Gasteiger partial charge on any atom is -0.478 e. The molecule has 0 saturated carbocycles. The molecule has 1 aliphatic heterocycles. The molecule has 0 spiro atoms. The molecule has 1 saturated heterocycles. The molecule has 0 aliphatic carbocycles. The first kappa shape index (κ1) is 12.1. The second kappa shape index (κ2) is 5.33. The molecule has 0 aromatic carbocycles. The van der Waals surface area contributed by atoms with Crippen LogP contribution in [0.3, 0.4) is 0 Å². The average molecular weight is 239 g/mol. The molecule has 1 aromatic heterocycles. The number of nitrogens with one attached hydrogen (secondary N) is 1. The first-order chi connectivity index (χ1) is 8.16. The number of carboxylic acids is 1. The molecule has 2 unspecified atom stereocenters. The van der Waals surface area contributed by atoms with Gasteiger partial charge in [-0.3, -0.25) is 0 Å². The summed E-state index contributed by atoms with van der Waals surface area (Å²) in [5, 5.41) is 12.1. The van der Waals surface area contributed by atoms with E-state index in [4.69, 9.17) is 14.3 Å². The summed E-state index contributed by atoms with van der Waals surface area (Å²) in [5.74, 6) is 0.217. The molecular formula is C12H17NO4. The highest BCUT2D eigenvalue weighted by Crippen LogP contribution is 2.17. The van der Waals surface area contributed by atoms with Gasteiger partial charge in [-0.1, -0.05) is 0 Å². The monoisotopic (exact) mass is 239 g/mol. The van der Waals surface area contributed by atoms with Gasteiger partial charge in [0, 0.05) is 12.6 Å². The van der Waals surface area contributed by atoms with Gasteiger partial charge in [-0.15, -0.1) is 0 Å². The van der Waals surface area contributed by atoms with E-state index in [2.05, 4.69) is 12.2 Å². The van der Waals surface area contributed by atoms with Gasteiger partial charge in [0.1, 0.15) is 12.0 Å². The van der Waals surface area contributed by atoms with Crippen molar-refractivity contribution in [2.45, 2.75) is 25.9 Å². The molecule has 2 N–H and O–H groups in total. The summed E-state index contributed by atoms with van der Waals surface area (Å²) in [6, 6.07) is 1.89. The first-order valence-corrected chi connectivity index (χ1v) is 5.78. The van der Waals surface area contributed by atoms with Crippen LogP contribution >= 0.6 is 0 Å². The van der Waals surface area contributed by atoms with Crippen LogP contribution in [0.1, 0.15) is 29.5 Å². The second-order valence-corrected chi connectivity index (χ2v) is 4.40. The summed E-state index contributed by atoms with van der Waals surface area (Å²) >= 11 is 0. The van der Waals surface area contributed by atoms with Gasteiger partial charge in [0.15, 0.2) is 0 Å². The van der Waals surface area contributed by atoms with Crippen molar-refractivity contribution in [3.8, 4) is 0 Å². The van der Waals surface area contributed by atoms with Gasteiger partial charge in [-0.25, -0.2) is 4.79 Å². The number of carbonyl (C=O) groups is 1. The zero-order chi connectivity index (χ0) is 12.3. The fourth-order valence-electron chi connectivity index (χ4n) is 1.96. The minimum atomic E-state index is -0.961. The van der Waals surface area contributed by atoms with Crippen LogP contribution in [0.5, 0.6) is 0 Å². The van der Waals surface area contributed by atoms with E-state index in [-0.39, 0.29) is 5.56 Å². The molecule has 0 bridgehead atoms. The molecule has 1 fully saturated rings. The van der Waals surface area contributed by atoms with Crippen LogP contribution in [0.15, 0.2) is 16.7 Å². The van der Waals surface area contributed by atoms with E-state index in [9.17, 15) is 4.79 Å². The van der Waals surface area contributed by atoms with Gasteiger partial charge >= 0.3 is 5.97 Å². The predicted molar refractivity (Wildman–Crippen MR) is 60.9 cm³/mol. The van der Waals surface area contributed by atoms with Crippen LogP contribution in [-0.2, 0) is 11.3 Å². The van der Waals surface area contributed by atoms with Gasteiger partial charge in [-0.05, 0) is 25.3 Å². The molecule has 94 valence electrons. The van der Waals surface area contributed by atoms with Gasteiger partial charge in [-0.2, -0.15) is 0 Å². The van der Waals surface area contributed by atoms with E-state index in [0.717, 1.165) is 19.6 Å². The predicted octanol–water partition coefficient (Wildman–Crippen LogP) is 1.49. The topological polar surface area (TPSA) is 71.7 Å². The fourth-order valence-corrected chi connectivity index (χ4v) is 1.96. The highest BCUT2D eigenvalue weighted by atomic mass is 16.5. The highest BCUT2D eigenvalue weighted by molar-refractivity contribution is 5.87. The van der Waals surface area contributed by atoms with Crippen LogP contribution in [0.4, 0.5) is 0 Å². The Bertz CT molecular complexity index is 382. The Morgan fingerprint density at radius 3 is 3.12 bits per heavy atom. The van der Waals surface area contributed by atoms with Crippen LogP contribution in [0.25, 0.3) is 0 Å². The second-order valence-electron chi connectivity index (χ2n) is 4.40. The van der Waals surface area contributed by atoms with Gasteiger partial charge < -0.3 is 19.6 Å². The normalized spacial score (nSPS) is 21.6. The average Bonchev–Trinajstić information content (AvgIpc) is 2.97. The summed E-state index contributed by atoms with van der Waals surface area (Å²) in [5.41, 5.74) is 0.193. The molecule has 5 nitrogen and oxygen atoms in total. The lowest BCUT2D eigenvalue weighted by Crippen LogP contribution is -2.33. The van der Waals surface area contributed by atoms with E-state index in [1.165, 1.54) is 6.26 Å². The number of furan rings is 1. The Morgan fingerprint density at radius 2 is 2.53 bits per heavy atom. The SMILES string of the molecule is CC(NCc1cc(C(=O)O)co1)C1CCOC1. The molecule has 2 heterocycles. The first-order valence-electron chi connectivity index (χ1n) is 5.78. The fraction of sp³-hybridized carbons (Fsp3) is 0.583. The number of rotatable bonds is 5. The van der Waals surface area contributed by atoms with Crippen molar-refractivity contribution in [1.29, 1.82) is 0 Å². The van der Waals surface area contributed by atoms with Gasteiger partial charge in [0.25, 0.3) is 0 Å². The summed E-state index contributed by atoms with van der Waals surface area (Å²) in [4.78, 5) is 10.7. The molecule has 17 heavy (non-hydrogen) atoms. The Morgan fingerprint density at radius 1 is 1.71 bits per heavy atom. The number of hydrogen-bond donors (Lipinski definition) is 2. The van der Waals surface area contributed by atoms with E-state index in [1.54, 1.807) is 6.07 Å². The van der Waals surface area contributed by atoms with Crippen molar-refractivity contribution in [3.05, 3.63) is 23.7 Å². The minimum absolute atomic E-state index is 0.193. The standard InChI is InChI=1S/C12H17NO4/c1-8(9-2-3-16-6-9)13-5-11-4-10(7-17-11)12(14)15/h4,7-9,13H,2-3,5-6H2,1H3,(H,14,15). The Kier molecular flexibility index (Phi) is 3.81. The number of ether oxygens (including phenoxy) is 1. The molecule has 0 amide bonds. The summed E-state index contributed by atoms with van der Waals surface area (Å²) < 4.78 is 10.5. The maximum atomic E-state index is 10.7. The van der Waals surface area contributed by atoms with Crippen LogP contribution < -0.4 is 5.32 Å². The van der Waals surface area contributed by atoms with E-state index >= 15 is 0 Å². The number of carboxylic acid groups (broad SMARTS) is 1. The number of hydrogen-bond acceptors (Lipinski definition) is 4. The molecule has 1 aliphatic rings.